The van der Waals surface area contributed by atoms with Gasteiger partial charge in [0.1, 0.15) is 0 Å². The maximum Gasteiger partial charge on any atom is 0.0916 e. The molecule has 0 aromatic heterocycles. The standard InChI is InChI=1S/C30H50O5/c1-16-14-22(33)30(15-31)23(17(16)2)18-8-9-20-27(5)12-11-21(32)26(3,4)19(27)10-13-28(20,6)29(18,7)24(34)25(30)35/h8,16-17,19-25,31-35H,9-15H2,1-7H3/t16-,17+,19-,20-,21+,22+,23-,24+,25-,27+,28-,29+,30+/m1/s1. The number of fused-ring (bicyclic) bond motifs is 7. The second-order valence-corrected chi connectivity index (χ2v) is 14.8. The zero-order chi connectivity index (χ0) is 25.9. The van der Waals surface area contributed by atoms with Gasteiger partial charge in [0.2, 0.25) is 0 Å². The van der Waals surface area contributed by atoms with Crippen LogP contribution in [0.3, 0.4) is 0 Å². The Morgan fingerprint density at radius 1 is 0.857 bits per heavy atom. The summed E-state index contributed by atoms with van der Waals surface area (Å²) in [5.74, 6) is 1.03. The molecular weight excluding hydrogens is 440 g/mol. The van der Waals surface area contributed by atoms with Gasteiger partial charge >= 0.3 is 0 Å². The molecule has 0 amide bonds. The lowest BCUT2D eigenvalue weighted by Crippen LogP contribution is -2.74. The Kier molecular flexibility index (Phi) is 5.82. The highest BCUT2D eigenvalue weighted by Gasteiger charge is 2.74. The van der Waals surface area contributed by atoms with Crippen molar-refractivity contribution in [1.82, 2.24) is 0 Å². The summed E-state index contributed by atoms with van der Waals surface area (Å²) < 4.78 is 0. The minimum atomic E-state index is -1.18. The molecule has 5 heteroatoms. The third-order valence-corrected chi connectivity index (χ3v) is 13.7. The first-order chi connectivity index (χ1) is 16.2. The molecule has 5 nitrogen and oxygen atoms in total. The molecule has 0 aliphatic heterocycles. The average molecular weight is 491 g/mol. The number of hydrogen-bond acceptors (Lipinski definition) is 5. The van der Waals surface area contributed by atoms with Crippen LogP contribution in [-0.2, 0) is 0 Å². The fourth-order valence-electron chi connectivity index (χ4n) is 11.1. The summed E-state index contributed by atoms with van der Waals surface area (Å²) in [4.78, 5) is 0. The average Bonchev–Trinajstić information content (AvgIpc) is 2.79. The highest BCUT2D eigenvalue weighted by molar-refractivity contribution is 5.38. The van der Waals surface area contributed by atoms with E-state index in [1.165, 1.54) is 5.57 Å². The van der Waals surface area contributed by atoms with Gasteiger partial charge in [-0.1, -0.05) is 60.1 Å². The maximum absolute atomic E-state index is 12.0. The van der Waals surface area contributed by atoms with Crippen molar-refractivity contribution < 1.29 is 25.5 Å². The van der Waals surface area contributed by atoms with E-state index in [0.29, 0.717) is 18.3 Å². The van der Waals surface area contributed by atoms with Crippen molar-refractivity contribution in [3.05, 3.63) is 11.6 Å². The quantitative estimate of drug-likeness (QED) is 0.359. The predicted molar refractivity (Wildman–Crippen MR) is 136 cm³/mol. The first-order valence-corrected chi connectivity index (χ1v) is 14.2. The van der Waals surface area contributed by atoms with Gasteiger partial charge in [0.05, 0.1) is 36.4 Å². The summed E-state index contributed by atoms with van der Waals surface area (Å²) in [6, 6.07) is 0. The summed E-state index contributed by atoms with van der Waals surface area (Å²) >= 11 is 0. The van der Waals surface area contributed by atoms with Gasteiger partial charge in [-0.2, -0.15) is 0 Å². The summed E-state index contributed by atoms with van der Waals surface area (Å²) in [6.45, 7) is 15.5. The zero-order valence-electron chi connectivity index (χ0n) is 23.0. The monoisotopic (exact) mass is 490 g/mol. The van der Waals surface area contributed by atoms with E-state index in [9.17, 15) is 25.5 Å². The fourth-order valence-corrected chi connectivity index (χ4v) is 11.1. The molecule has 35 heavy (non-hydrogen) atoms. The van der Waals surface area contributed by atoms with E-state index < -0.39 is 29.1 Å². The first kappa shape index (κ1) is 26.2. The third kappa shape index (κ3) is 2.83. The van der Waals surface area contributed by atoms with Crippen molar-refractivity contribution >= 4 is 0 Å². The molecule has 200 valence electrons. The Labute approximate surface area is 212 Å². The lowest BCUT2D eigenvalue weighted by molar-refractivity contribution is -0.275. The fraction of sp³-hybridized carbons (Fsp3) is 0.933. The van der Waals surface area contributed by atoms with Crippen LogP contribution in [0, 0.1) is 56.7 Å². The van der Waals surface area contributed by atoms with Crippen molar-refractivity contribution in [2.24, 2.45) is 56.7 Å². The SMILES string of the molecule is C[C@H]1[C@H](C)C[C@H](O)[C@]2(CO)[C@H](O)[C@H](O)[C@]3(C)C(=CC[C@@H]4[C@@]5(C)CC[C@H](O)C(C)(C)[C@H]5CC[C@]43C)[C@@H]12. The van der Waals surface area contributed by atoms with Gasteiger partial charge in [-0.3, -0.25) is 0 Å². The molecule has 5 aliphatic carbocycles. The van der Waals surface area contributed by atoms with E-state index in [0.717, 1.165) is 32.1 Å². The second kappa shape index (κ2) is 7.79. The van der Waals surface area contributed by atoms with Gasteiger partial charge < -0.3 is 25.5 Å². The van der Waals surface area contributed by atoms with Crippen LogP contribution in [0.25, 0.3) is 0 Å². The number of allylic oxidation sites excluding steroid dienone is 1. The largest absolute Gasteiger partial charge is 0.396 e. The van der Waals surface area contributed by atoms with E-state index in [4.69, 9.17) is 0 Å². The van der Waals surface area contributed by atoms with Crippen molar-refractivity contribution in [2.45, 2.75) is 111 Å². The van der Waals surface area contributed by atoms with E-state index in [1.54, 1.807) is 0 Å². The Hall–Kier alpha value is -0.460. The smallest absolute Gasteiger partial charge is 0.0916 e. The Morgan fingerprint density at radius 3 is 2.14 bits per heavy atom. The van der Waals surface area contributed by atoms with Gasteiger partial charge in [0.25, 0.3) is 0 Å². The van der Waals surface area contributed by atoms with Gasteiger partial charge in [-0.05, 0) is 84.4 Å². The summed E-state index contributed by atoms with van der Waals surface area (Å²) in [5.41, 5.74) is -0.933. The Balaban J connectivity index is 1.68. The zero-order valence-corrected chi connectivity index (χ0v) is 23.0. The second-order valence-electron chi connectivity index (χ2n) is 14.8. The molecule has 4 fully saturated rings. The molecule has 0 spiro atoms. The lowest BCUT2D eigenvalue weighted by Gasteiger charge is -2.73. The molecule has 0 bridgehead atoms. The summed E-state index contributed by atoms with van der Waals surface area (Å²) in [7, 11) is 0. The van der Waals surface area contributed by atoms with Crippen LogP contribution in [0.5, 0.6) is 0 Å². The Bertz CT molecular complexity index is 899. The van der Waals surface area contributed by atoms with Gasteiger partial charge in [-0.15, -0.1) is 0 Å². The summed E-state index contributed by atoms with van der Waals surface area (Å²) in [5, 5.41) is 56.7. The molecule has 0 aromatic carbocycles. The molecule has 0 radical (unpaired) electrons. The van der Waals surface area contributed by atoms with Crippen LogP contribution in [0.1, 0.15) is 87.0 Å². The molecule has 0 heterocycles. The van der Waals surface area contributed by atoms with Crippen LogP contribution < -0.4 is 0 Å². The highest BCUT2D eigenvalue weighted by Crippen LogP contribution is 2.75. The van der Waals surface area contributed by atoms with Crippen molar-refractivity contribution in [1.29, 1.82) is 0 Å². The first-order valence-electron chi connectivity index (χ1n) is 14.2. The molecule has 0 unspecified atom stereocenters. The molecule has 13 atom stereocenters. The van der Waals surface area contributed by atoms with E-state index >= 15 is 0 Å². The Morgan fingerprint density at radius 2 is 1.51 bits per heavy atom. The van der Waals surface area contributed by atoms with Crippen LogP contribution >= 0.6 is 0 Å². The third-order valence-electron chi connectivity index (χ3n) is 13.7. The normalized spacial score (nSPS) is 59.4. The van der Waals surface area contributed by atoms with E-state index in [2.05, 4.69) is 54.5 Å². The van der Waals surface area contributed by atoms with Crippen molar-refractivity contribution in [3.8, 4) is 0 Å². The molecule has 0 aromatic rings. The number of aliphatic hydroxyl groups is 5. The minimum Gasteiger partial charge on any atom is -0.396 e. The molecule has 5 rings (SSSR count). The number of aliphatic hydroxyl groups excluding tert-OH is 5. The maximum atomic E-state index is 12.0. The van der Waals surface area contributed by atoms with Crippen molar-refractivity contribution in [3.63, 3.8) is 0 Å². The van der Waals surface area contributed by atoms with Crippen LogP contribution in [0.2, 0.25) is 0 Å². The lowest BCUT2D eigenvalue weighted by atomic mass is 9.32. The van der Waals surface area contributed by atoms with E-state index in [-0.39, 0.29) is 46.7 Å². The highest BCUT2D eigenvalue weighted by atomic mass is 16.3. The van der Waals surface area contributed by atoms with Gasteiger partial charge in [-0.25, -0.2) is 0 Å². The predicted octanol–water partition coefficient (Wildman–Crippen LogP) is 3.91. The molecule has 5 N–H and O–H groups in total. The van der Waals surface area contributed by atoms with Crippen LogP contribution in [-0.4, -0.2) is 56.6 Å². The molecule has 0 saturated heterocycles. The minimum absolute atomic E-state index is 0.0436. The summed E-state index contributed by atoms with van der Waals surface area (Å²) in [6.07, 6.45) is 4.16. The molecular formula is C30H50O5. The molecule has 5 aliphatic rings. The van der Waals surface area contributed by atoms with Gasteiger partial charge in [0, 0.05) is 5.41 Å². The van der Waals surface area contributed by atoms with E-state index in [1.807, 2.05) is 0 Å². The van der Waals surface area contributed by atoms with Crippen LogP contribution in [0.15, 0.2) is 11.6 Å². The van der Waals surface area contributed by atoms with Gasteiger partial charge in [0.15, 0.2) is 0 Å². The van der Waals surface area contributed by atoms with Crippen LogP contribution in [0.4, 0.5) is 0 Å². The topological polar surface area (TPSA) is 101 Å². The molecule has 4 saturated carbocycles. The number of hydrogen-bond donors (Lipinski definition) is 5. The van der Waals surface area contributed by atoms with Crippen molar-refractivity contribution in [2.75, 3.05) is 6.61 Å². The number of rotatable bonds is 1.